The Bertz CT molecular complexity index is 1640. The summed E-state index contributed by atoms with van der Waals surface area (Å²) in [6.45, 7) is 8.30. The second-order valence-corrected chi connectivity index (χ2v) is 8.04. The number of hydrogen-bond donors (Lipinski definition) is 1. The number of alkyl halides is 2. The number of benzene rings is 2. The molecule has 0 bridgehead atoms. The highest BCUT2D eigenvalue weighted by molar-refractivity contribution is 5.94. The van der Waals surface area contributed by atoms with Gasteiger partial charge in [0, 0.05) is 29.4 Å². The first-order valence-electron chi connectivity index (χ1n) is 11.0. The van der Waals surface area contributed by atoms with Gasteiger partial charge in [-0.25, -0.2) is 20.6 Å². The zero-order valence-corrected chi connectivity index (χ0v) is 19.2. The fourth-order valence-corrected chi connectivity index (χ4v) is 4.07. The maximum Gasteiger partial charge on any atom is 0.586 e. The first-order valence-corrected chi connectivity index (χ1v) is 11.0. The van der Waals surface area contributed by atoms with Crippen molar-refractivity contribution in [3.05, 3.63) is 75.9 Å². The van der Waals surface area contributed by atoms with Gasteiger partial charge in [-0.2, -0.15) is 5.10 Å². The van der Waals surface area contributed by atoms with Crippen LogP contribution in [-0.2, 0) is 17.9 Å². The zero-order chi connectivity index (χ0) is 26.3. The topological polar surface area (TPSA) is 107 Å². The molecule has 0 radical (unpaired) electrons. The normalized spacial score (nSPS) is 13.5. The van der Waals surface area contributed by atoms with Crippen LogP contribution >= 0.6 is 0 Å². The smallest absolute Gasteiger partial charge is 0.395 e. The third kappa shape index (κ3) is 4.44. The molecule has 10 nitrogen and oxygen atoms in total. The van der Waals surface area contributed by atoms with Gasteiger partial charge in [0.2, 0.25) is 12.5 Å². The molecule has 1 aliphatic heterocycles. The van der Waals surface area contributed by atoms with E-state index < -0.39 is 30.1 Å². The van der Waals surface area contributed by atoms with Gasteiger partial charge in [-0.3, -0.25) is 9.59 Å². The van der Waals surface area contributed by atoms with Gasteiger partial charge >= 0.3 is 6.29 Å². The van der Waals surface area contributed by atoms with Gasteiger partial charge in [-0.1, -0.05) is 0 Å². The standard InChI is InChI=1S/C24H17F3N6O4/c1-3-32(16-4-5-17-18(9-16)37-24(26,27)36-17)19(34)11-33-23(35)22-21(29-12-30-22)20(31-33)14-6-13(10-28-2)7-15(25)8-14/h4-9,12H,3,10-11H2,1H3,(H,29,30). The first-order chi connectivity index (χ1) is 17.7. The molecule has 0 saturated heterocycles. The Hall–Kier alpha value is -4.86. The molecule has 188 valence electrons. The highest BCUT2D eigenvalue weighted by atomic mass is 19.3. The van der Waals surface area contributed by atoms with Crippen LogP contribution < -0.4 is 19.9 Å². The lowest BCUT2D eigenvalue weighted by Gasteiger charge is -2.21. The van der Waals surface area contributed by atoms with Gasteiger partial charge in [-0.05, 0) is 37.3 Å². The third-order valence-electron chi connectivity index (χ3n) is 5.62. The van der Waals surface area contributed by atoms with E-state index in [9.17, 15) is 22.8 Å². The van der Waals surface area contributed by atoms with Crippen LogP contribution in [0.4, 0.5) is 18.9 Å². The van der Waals surface area contributed by atoms with E-state index in [0.717, 1.165) is 4.68 Å². The fourth-order valence-electron chi connectivity index (χ4n) is 4.07. The molecule has 1 amide bonds. The molecular formula is C24H17F3N6O4. The number of ether oxygens (including phenoxy) is 2. The molecule has 5 rings (SSSR count). The Labute approximate surface area is 206 Å². The number of fused-ring (bicyclic) bond motifs is 2. The number of aromatic amines is 1. The number of anilines is 1. The van der Waals surface area contributed by atoms with Crippen LogP contribution in [0.1, 0.15) is 12.5 Å². The monoisotopic (exact) mass is 510 g/mol. The molecule has 1 aliphatic rings. The Morgan fingerprint density at radius 1 is 1.22 bits per heavy atom. The van der Waals surface area contributed by atoms with Crippen LogP contribution in [0.5, 0.6) is 11.5 Å². The summed E-state index contributed by atoms with van der Waals surface area (Å²) in [5, 5.41) is 4.30. The maximum atomic E-state index is 14.3. The van der Waals surface area contributed by atoms with Crippen molar-refractivity contribution in [2.24, 2.45) is 0 Å². The minimum Gasteiger partial charge on any atom is -0.395 e. The number of imidazole rings is 1. The lowest BCUT2D eigenvalue weighted by Crippen LogP contribution is -2.37. The van der Waals surface area contributed by atoms with Gasteiger partial charge < -0.3 is 24.2 Å². The number of amides is 1. The van der Waals surface area contributed by atoms with Crippen LogP contribution in [0.15, 0.2) is 47.5 Å². The number of nitrogens with one attached hydrogen (secondary N) is 1. The summed E-state index contributed by atoms with van der Waals surface area (Å²) < 4.78 is 50.8. The summed E-state index contributed by atoms with van der Waals surface area (Å²) in [5.41, 5.74) is 0.680. The van der Waals surface area contributed by atoms with Gasteiger partial charge in [0.1, 0.15) is 29.1 Å². The first kappa shape index (κ1) is 23.9. The SMILES string of the molecule is [C-]#[N+]Cc1cc(F)cc(-c2nn(CC(=O)N(CC)c3ccc4c(c3)OC(F)(F)O4)c(=O)c3[nH]cnc23)c1. The molecule has 2 aromatic heterocycles. The largest absolute Gasteiger partial charge is 0.586 e. The molecule has 4 aromatic rings. The summed E-state index contributed by atoms with van der Waals surface area (Å²) >= 11 is 0. The van der Waals surface area contributed by atoms with Crippen molar-refractivity contribution in [1.82, 2.24) is 19.7 Å². The van der Waals surface area contributed by atoms with Crippen molar-refractivity contribution in [3.63, 3.8) is 0 Å². The lowest BCUT2D eigenvalue weighted by atomic mass is 10.1. The van der Waals surface area contributed by atoms with Gasteiger partial charge in [-0.15, -0.1) is 8.78 Å². The number of nitrogens with zero attached hydrogens (tertiary/aromatic N) is 5. The number of rotatable bonds is 6. The van der Waals surface area contributed by atoms with Gasteiger partial charge in [0.25, 0.3) is 5.56 Å². The molecule has 0 atom stereocenters. The highest BCUT2D eigenvalue weighted by Gasteiger charge is 2.43. The van der Waals surface area contributed by atoms with Crippen molar-refractivity contribution < 1.29 is 27.4 Å². The lowest BCUT2D eigenvalue weighted by molar-refractivity contribution is -0.286. The van der Waals surface area contributed by atoms with Crippen molar-refractivity contribution in [2.75, 3.05) is 11.4 Å². The quantitative estimate of drug-likeness (QED) is 0.397. The third-order valence-corrected chi connectivity index (χ3v) is 5.62. The summed E-state index contributed by atoms with van der Waals surface area (Å²) in [6.07, 6.45) is -2.52. The number of carbonyl (C=O) groups excluding carboxylic acids is 1. The summed E-state index contributed by atoms with van der Waals surface area (Å²) in [7, 11) is 0. The van der Waals surface area contributed by atoms with Crippen LogP contribution in [0.3, 0.4) is 0 Å². The van der Waals surface area contributed by atoms with Gasteiger partial charge in [0.05, 0.1) is 6.33 Å². The predicted octanol–water partition coefficient (Wildman–Crippen LogP) is 3.72. The van der Waals surface area contributed by atoms with Crippen LogP contribution in [0, 0.1) is 12.4 Å². The van der Waals surface area contributed by atoms with Crippen molar-refractivity contribution in [2.45, 2.75) is 26.3 Å². The number of hydrogen-bond acceptors (Lipinski definition) is 6. The molecule has 1 N–H and O–H groups in total. The molecule has 2 aromatic carbocycles. The van der Waals surface area contributed by atoms with E-state index in [-0.39, 0.29) is 52.6 Å². The molecule has 0 unspecified atom stereocenters. The molecule has 0 spiro atoms. The average molecular weight is 510 g/mol. The number of aromatic nitrogens is 4. The number of likely N-dealkylation sites (N-methyl/N-ethyl adjacent to an activating group) is 1. The Balaban J connectivity index is 1.51. The zero-order valence-electron chi connectivity index (χ0n) is 19.2. The molecule has 0 saturated carbocycles. The van der Waals surface area contributed by atoms with Crippen LogP contribution in [0.25, 0.3) is 27.1 Å². The maximum absolute atomic E-state index is 14.3. The molecule has 37 heavy (non-hydrogen) atoms. The number of H-pyrrole nitrogens is 1. The van der Waals surface area contributed by atoms with E-state index in [1.54, 1.807) is 13.0 Å². The van der Waals surface area contributed by atoms with E-state index in [2.05, 4.69) is 29.4 Å². The van der Waals surface area contributed by atoms with E-state index in [1.165, 1.54) is 41.6 Å². The van der Waals surface area contributed by atoms with E-state index in [0.29, 0.717) is 5.56 Å². The van der Waals surface area contributed by atoms with Crippen LogP contribution in [-0.4, -0.2) is 38.5 Å². The van der Waals surface area contributed by atoms with E-state index >= 15 is 0 Å². The van der Waals surface area contributed by atoms with Crippen molar-refractivity contribution in [1.29, 1.82) is 0 Å². The molecule has 3 heterocycles. The Morgan fingerprint density at radius 2 is 2.00 bits per heavy atom. The fraction of sp³-hybridized carbons (Fsp3) is 0.208. The molecule has 0 aliphatic carbocycles. The summed E-state index contributed by atoms with van der Waals surface area (Å²) in [6, 6.07) is 7.89. The van der Waals surface area contributed by atoms with Crippen molar-refractivity contribution in [3.8, 4) is 22.8 Å². The second-order valence-electron chi connectivity index (χ2n) is 8.04. The minimum absolute atomic E-state index is 0.0560. The van der Waals surface area contributed by atoms with E-state index in [1.807, 2.05) is 0 Å². The number of halogens is 3. The molecular weight excluding hydrogens is 493 g/mol. The average Bonchev–Trinajstić information content (AvgIpc) is 3.44. The minimum atomic E-state index is -3.80. The number of carbonyl (C=O) groups is 1. The van der Waals surface area contributed by atoms with Crippen LogP contribution in [0.2, 0.25) is 0 Å². The molecule has 0 fully saturated rings. The second kappa shape index (κ2) is 8.98. The summed E-state index contributed by atoms with van der Waals surface area (Å²) in [5.74, 6) is -1.56. The molecule has 13 heteroatoms. The highest BCUT2D eigenvalue weighted by Crippen LogP contribution is 2.42. The predicted molar refractivity (Wildman–Crippen MR) is 125 cm³/mol. The van der Waals surface area contributed by atoms with Crippen molar-refractivity contribution >= 4 is 22.6 Å². The Kier molecular flexibility index (Phi) is 5.79. The van der Waals surface area contributed by atoms with Gasteiger partial charge in [0.15, 0.2) is 11.5 Å². The summed E-state index contributed by atoms with van der Waals surface area (Å²) in [4.78, 5) is 37.7. The Morgan fingerprint density at radius 3 is 2.76 bits per heavy atom. The van der Waals surface area contributed by atoms with E-state index in [4.69, 9.17) is 6.57 Å².